The van der Waals surface area contributed by atoms with Crippen LogP contribution < -0.4 is 5.32 Å². The smallest absolute Gasteiger partial charge is 0.230 e. The van der Waals surface area contributed by atoms with Gasteiger partial charge in [0.15, 0.2) is 0 Å². The molecule has 1 aromatic rings. The van der Waals surface area contributed by atoms with E-state index in [9.17, 15) is 4.79 Å². The van der Waals surface area contributed by atoms with Crippen molar-refractivity contribution in [3.63, 3.8) is 0 Å². The van der Waals surface area contributed by atoms with Crippen LogP contribution in [0.15, 0.2) is 29.2 Å². The maximum absolute atomic E-state index is 12.2. The molecule has 17 heavy (non-hydrogen) atoms. The fraction of sp³-hybridized carbons (Fsp3) is 0.500. The first-order valence-corrected chi connectivity index (χ1v) is 7.32. The number of nitrogens with one attached hydrogen (secondary N) is 1. The van der Waals surface area contributed by atoms with Gasteiger partial charge in [-0.3, -0.25) is 4.79 Å². The zero-order valence-electron chi connectivity index (χ0n) is 10.5. The molecule has 2 nitrogen and oxygen atoms in total. The van der Waals surface area contributed by atoms with Crippen LogP contribution in [-0.2, 0) is 4.79 Å². The lowest BCUT2D eigenvalue weighted by atomic mass is 9.88. The molecule has 1 saturated carbocycles. The first-order valence-electron chi connectivity index (χ1n) is 6.09. The highest BCUT2D eigenvalue weighted by atomic mass is 32.2. The number of anilines is 1. The summed E-state index contributed by atoms with van der Waals surface area (Å²) in [6.07, 6.45) is 6.43. The van der Waals surface area contributed by atoms with Crippen molar-refractivity contribution in [1.29, 1.82) is 0 Å². The third-order valence-electron chi connectivity index (χ3n) is 3.60. The molecule has 3 heteroatoms. The van der Waals surface area contributed by atoms with E-state index >= 15 is 0 Å². The number of carbonyl (C=O) groups is 1. The van der Waals surface area contributed by atoms with Crippen LogP contribution in [-0.4, -0.2) is 12.2 Å². The van der Waals surface area contributed by atoms with Crippen molar-refractivity contribution in [2.45, 2.75) is 37.5 Å². The summed E-state index contributed by atoms with van der Waals surface area (Å²) >= 11 is 1.71. The topological polar surface area (TPSA) is 29.1 Å². The highest BCUT2D eigenvalue weighted by molar-refractivity contribution is 7.98. The zero-order chi connectivity index (χ0) is 12.3. The van der Waals surface area contributed by atoms with Gasteiger partial charge < -0.3 is 5.32 Å². The summed E-state index contributed by atoms with van der Waals surface area (Å²) in [5.74, 6) is 0.173. The van der Waals surface area contributed by atoms with Crippen LogP contribution >= 0.6 is 11.8 Å². The Hall–Kier alpha value is -0.960. The van der Waals surface area contributed by atoms with Crippen molar-refractivity contribution < 1.29 is 4.79 Å². The van der Waals surface area contributed by atoms with E-state index in [1.165, 1.54) is 17.7 Å². The van der Waals surface area contributed by atoms with Gasteiger partial charge in [0.25, 0.3) is 0 Å². The molecule has 0 atom stereocenters. The van der Waals surface area contributed by atoms with E-state index in [2.05, 4.69) is 12.2 Å². The molecule has 0 aromatic heterocycles. The van der Waals surface area contributed by atoms with Crippen LogP contribution in [0.4, 0.5) is 5.69 Å². The van der Waals surface area contributed by atoms with Gasteiger partial charge in [-0.2, -0.15) is 0 Å². The van der Waals surface area contributed by atoms with E-state index in [1.54, 1.807) is 11.8 Å². The van der Waals surface area contributed by atoms with E-state index in [0.717, 1.165) is 18.5 Å². The molecule has 0 radical (unpaired) electrons. The minimum atomic E-state index is -0.155. The summed E-state index contributed by atoms with van der Waals surface area (Å²) in [5.41, 5.74) is 0.749. The molecule has 0 aliphatic heterocycles. The molecule has 1 fully saturated rings. The molecule has 1 N–H and O–H groups in total. The monoisotopic (exact) mass is 249 g/mol. The molecule has 1 aromatic carbocycles. The minimum Gasteiger partial charge on any atom is -0.326 e. The number of thioether (sulfide) groups is 1. The van der Waals surface area contributed by atoms with Crippen LogP contribution in [0.3, 0.4) is 0 Å². The van der Waals surface area contributed by atoms with Crippen molar-refractivity contribution in [3.8, 4) is 0 Å². The van der Waals surface area contributed by atoms with Crippen LogP contribution in [0, 0.1) is 5.41 Å². The molecule has 0 saturated heterocycles. The second kappa shape index (κ2) is 5.13. The van der Waals surface area contributed by atoms with Gasteiger partial charge in [0.05, 0.1) is 0 Å². The molecule has 0 bridgehead atoms. The molecule has 2 rings (SSSR count). The average molecular weight is 249 g/mol. The fourth-order valence-electron chi connectivity index (χ4n) is 2.34. The lowest BCUT2D eigenvalue weighted by Crippen LogP contribution is -2.30. The Morgan fingerprint density at radius 1 is 1.24 bits per heavy atom. The predicted octanol–water partition coefficient (Wildman–Crippen LogP) is 3.93. The Balaban J connectivity index is 2.02. The lowest BCUT2D eigenvalue weighted by Gasteiger charge is -2.22. The minimum absolute atomic E-state index is 0.155. The van der Waals surface area contributed by atoms with E-state index in [4.69, 9.17) is 0 Å². The van der Waals surface area contributed by atoms with E-state index in [1.807, 2.05) is 30.5 Å². The second-order valence-corrected chi connectivity index (χ2v) is 5.83. The largest absolute Gasteiger partial charge is 0.326 e. The van der Waals surface area contributed by atoms with E-state index in [0.29, 0.717) is 0 Å². The third kappa shape index (κ3) is 2.83. The molecule has 1 aliphatic carbocycles. The highest BCUT2D eigenvalue weighted by Gasteiger charge is 2.36. The summed E-state index contributed by atoms with van der Waals surface area (Å²) in [5, 5.41) is 3.03. The third-order valence-corrected chi connectivity index (χ3v) is 4.35. The average Bonchev–Trinajstić information content (AvgIpc) is 2.78. The maximum atomic E-state index is 12.2. The molecular formula is C14H19NOS. The van der Waals surface area contributed by atoms with Crippen LogP contribution in [0.2, 0.25) is 0 Å². The number of hydrogen-bond acceptors (Lipinski definition) is 2. The van der Waals surface area contributed by atoms with Crippen molar-refractivity contribution in [3.05, 3.63) is 24.3 Å². The van der Waals surface area contributed by atoms with Crippen molar-refractivity contribution in [1.82, 2.24) is 0 Å². The SMILES string of the molecule is CSc1ccc(NC(=O)C2(C)CCCC2)cc1. The van der Waals surface area contributed by atoms with Crippen LogP contribution in [0.5, 0.6) is 0 Å². The lowest BCUT2D eigenvalue weighted by molar-refractivity contribution is -0.124. The summed E-state index contributed by atoms with van der Waals surface area (Å²) < 4.78 is 0. The number of carbonyl (C=O) groups excluding carboxylic acids is 1. The highest BCUT2D eigenvalue weighted by Crippen LogP contribution is 2.38. The van der Waals surface area contributed by atoms with Gasteiger partial charge in [0.2, 0.25) is 5.91 Å². The number of rotatable bonds is 3. The van der Waals surface area contributed by atoms with Crippen molar-refractivity contribution in [2.24, 2.45) is 5.41 Å². The van der Waals surface area contributed by atoms with Gasteiger partial charge in [-0.15, -0.1) is 11.8 Å². The van der Waals surface area contributed by atoms with Crippen LogP contribution in [0.1, 0.15) is 32.6 Å². The molecule has 1 amide bonds. The summed E-state index contributed by atoms with van der Waals surface area (Å²) in [6, 6.07) is 8.03. The van der Waals surface area contributed by atoms with Gasteiger partial charge in [0.1, 0.15) is 0 Å². The Bertz CT molecular complexity index is 393. The predicted molar refractivity (Wildman–Crippen MR) is 73.4 cm³/mol. The Morgan fingerprint density at radius 3 is 2.35 bits per heavy atom. The van der Waals surface area contributed by atoms with Gasteiger partial charge in [-0.05, 0) is 43.4 Å². The van der Waals surface area contributed by atoms with Gasteiger partial charge in [0, 0.05) is 16.0 Å². The van der Waals surface area contributed by atoms with E-state index in [-0.39, 0.29) is 11.3 Å². The van der Waals surface area contributed by atoms with Gasteiger partial charge in [-0.1, -0.05) is 19.8 Å². The number of benzene rings is 1. The second-order valence-electron chi connectivity index (χ2n) is 4.95. The Labute approximate surface area is 107 Å². The number of hydrogen-bond donors (Lipinski definition) is 1. The molecule has 92 valence electrons. The van der Waals surface area contributed by atoms with Crippen molar-refractivity contribution in [2.75, 3.05) is 11.6 Å². The van der Waals surface area contributed by atoms with E-state index < -0.39 is 0 Å². The zero-order valence-corrected chi connectivity index (χ0v) is 11.3. The maximum Gasteiger partial charge on any atom is 0.230 e. The van der Waals surface area contributed by atoms with Crippen molar-refractivity contribution >= 4 is 23.4 Å². The molecule has 1 aliphatic rings. The molecule has 0 spiro atoms. The Kier molecular flexibility index (Phi) is 3.77. The van der Waals surface area contributed by atoms with Gasteiger partial charge >= 0.3 is 0 Å². The standard InChI is InChI=1S/C14H19NOS/c1-14(9-3-4-10-14)13(16)15-11-5-7-12(17-2)8-6-11/h5-8H,3-4,9-10H2,1-2H3,(H,15,16). The van der Waals surface area contributed by atoms with Gasteiger partial charge in [-0.25, -0.2) is 0 Å². The summed E-state index contributed by atoms with van der Waals surface area (Å²) in [7, 11) is 0. The summed E-state index contributed by atoms with van der Waals surface area (Å²) in [4.78, 5) is 13.4. The van der Waals surface area contributed by atoms with Crippen LogP contribution in [0.25, 0.3) is 0 Å². The first-order chi connectivity index (χ1) is 8.14. The molecule has 0 unspecified atom stereocenters. The molecular weight excluding hydrogens is 230 g/mol. The first kappa shape index (κ1) is 12.5. The summed E-state index contributed by atoms with van der Waals surface area (Å²) in [6.45, 7) is 2.07. The number of amides is 1. The fourth-order valence-corrected chi connectivity index (χ4v) is 2.75. The normalized spacial score (nSPS) is 18.0. The Morgan fingerprint density at radius 2 is 1.82 bits per heavy atom. The molecule has 0 heterocycles. The quantitative estimate of drug-likeness (QED) is 0.822.